The second-order valence-electron chi connectivity index (χ2n) is 2.68. The van der Waals surface area contributed by atoms with E-state index in [2.05, 4.69) is 19.9 Å². The molecule has 6 heteroatoms. The summed E-state index contributed by atoms with van der Waals surface area (Å²) in [5.74, 6) is 1.91. The fourth-order valence-electron chi connectivity index (χ4n) is 0.938. The van der Waals surface area contributed by atoms with E-state index in [-0.39, 0.29) is 0 Å². The van der Waals surface area contributed by atoms with Gasteiger partial charge < -0.3 is 9.97 Å². The summed E-state index contributed by atoms with van der Waals surface area (Å²) >= 11 is 0. The Balaban J connectivity index is 1.65. The molecule has 0 amide bonds. The van der Waals surface area contributed by atoms with E-state index in [4.69, 9.17) is 0 Å². The molecule has 2 heterocycles. The average Bonchev–Trinajstić information content (AvgIpc) is 2.86. The summed E-state index contributed by atoms with van der Waals surface area (Å²) in [6.45, 7) is 0. The van der Waals surface area contributed by atoms with E-state index >= 15 is 0 Å². The average molecular weight is 226 g/mol. The van der Waals surface area contributed by atoms with Crippen molar-refractivity contribution in [1.82, 2.24) is 19.9 Å². The minimum Gasteiger partial charge on any atom is -0.348 e. The molecule has 0 aliphatic carbocycles. The van der Waals surface area contributed by atoms with Gasteiger partial charge in [0.25, 0.3) is 0 Å². The van der Waals surface area contributed by atoms with E-state index in [1.165, 1.54) is 0 Å². The van der Waals surface area contributed by atoms with E-state index in [0.717, 1.165) is 22.9 Å². The van der Waals surface area contributed by atoms with Crippen LogP contribution in [0.15, 0.2) is 25.0 Å². The van der Waals surface area contributed by atoms with Crippen LogP contribution in [0.25, 0.3) is 0 Å². The second kappa shape index (κ2) is 5.11. The molecule has 0 atom stereocenters. The highest BCUT2D eigenvalue weighted by molar-refractivity contribution is 8.76. The Hall–Kier alpha value is -0.880. The molecule has 0 fully saturated rings. The first-order chi connectivity index (χ1) is 6.95. The number of nitrogens with zero attached hydrogens (tertiary/aromatic N) is 2. The van der Waals surface area contributed by atoms with Crippen LogP contribution < -0.4 is 0 Å². The van der Waals surface area contributed by atoms with Crippen molar-refractivity contribution >= 4 is 21.6 Å². The summed E-state index contributed by atoms with van der Waals surface area (Å²) in [7, 11) is 3.61. The van der Waals surface area contributed by atoms with Crippen molar-refractivity contribution in [2.24, 2.45) is 0 Å². The molecule has 2 aromatic rings. The number of hydrogen-bond acceptors (Lipinski definition) is 4. The number of rotatable bonds is 5. The fourth-order valence-corrected chi connectivity index (χ4v) is 2.94. The monoisotopic (exact) mass is 226 g/mol. The summed E-state index contributed by atoms with van der Waals surface area (Å²) in [6.07, 6.45) is 7.11. The molecule has 0 aliphatic heterocycles. The lowest BCUT2D eigenvalue weighted by atomic mass is 10.6. The number of nitrogens with one attached hydrogen (secondary N) is 2. The molecule has 74 valence electrons. The van der Waals surface area contributed by atoms with Crippen LogP contribution in [-0.4, -0.2) is 19.9 Å². The molecule has 2 aromatic heterocycles. The maximum absolute atomic E-state index is 3.96. The van der Waals surface area contributed by atoms with Crippen LogP contribution in [0.2, 0.25) is 0 Å². The standard InChI is InChI=1S/C8H10N4S2/c1-7(11-5-9-1)3-13-14-4-8-2-10-6-12-8/h1-2,5-6H,3-4H2,(H,9,11)(H,10,12). The lowest BCUT2D eigenvalue weighted by molar-refractivity contribution is 1.23. The highest BCUT2D eigenvalue weighted by Crippen LogP contribution is 2.27. The third kappa shape index (κ3) is 2.81. The first kappa shape index (κ1) is 9.67. The van der Waals surface area contributed by atoms with Gasteiger partial charge in [0.05, 0.1) is 12.7 Å². The smallest absolute Gasteiger partial charge is 0.0921 e. The second-order valence-corrected chi connectivity index (χ2v) is 5.14. The zero-order chi connectivity index (χ0) is 9.64. The van der Waals surface area contributed by atoms with Crippen molar-refractivity contribution in [1.29, 1.82) is 0 Å². The Bertz CT molecular complexity index is 307. The summed E-state index contributed by atoms with van der Waals surface area (Å²) in [5, 5.41) is 0. The molecule has 0 aromatic carbocycles. The van der Waals surface area contributed by atoms with Crippen molar-refractivity contribution in [3.8, 4) is 0 Å². The van der Waals surface area contributed by atoms with Gasteiger partial charge in [0.1, 0.15) is 0 Å². The maximum Gasteiger partial charge on any atom is 0.0921 e. The maximum atomic E-state index is 3.96. The molecular formula is C8H10N4S2. The van der Waals surface area contributed by atoms with Crippen LogP contribution in [-0.2, 0) is 11.5 Å². The first-order valence-electron chi connectivity index (χ1n) is 4.14. The van der Waals surface area contributed by atoms with Crippen LogP contribution in [0.5, 0.6) is 0 Å². The number of aromatic amines is 2. The number of aromatic nitrogens is 4. The number of H-pyrrole nitrogens is 2. The fraction of sp³-hybridized carbons (Fsp3) is 0.250. The van der Waals surface area contributed by atoms with Crippen molar-refractivity contribution < 1.29 is 0 Å². The Morgan fingerprint density at radius 3 is 1.79 bits per heavy atom. The van der Waals surface area contributed by atoms with Gasteiger partial charge in [-0.15, -0.1) is 0 Å². The Morgan fingerprint density at radius 1 is 0.929 bits per heavy atom. The van der Waals surface area contributed by atoms with Gasteiger partial charge in [0, 0.05) is 35.3 Å². The SMILES string of the molecule is c1ncc(CSSCc2cnc[nH]2)[nH]1. The van der Waals surface area contributed by atoms with Gasteiger partial charge in [-0.05, 0) is 0 Å². The third-order valence-electron chi connectivity index (χ3n) is 1.62. The lowest BCUT2D eigenvalue weighted by Crippen LogP contribution is -1.78. The van der Waals surface area contributed by atoms with Crippen molar-refractivity contribution in [3.05, 3.63) is 36.4 Å². The normalized spacial score (nSPS) is 10.6. The molecule has 0 aliphatic rings. The van der Waals surface area contributed by atoms with Crippen LogP contribution in [0.4, 0.5) is 0 Å². The van der Waals surface area contributed by atoms with Crippen molar-refractivity contribution in [2.75, 3.05) is 0 Å². The van der Waals surface area contributed by atoms with Crippen molar-refractivity contribution in [2.45, 2.75) is 11.5 Å². The largest absolute Gasteiger partial charge is 0.348 e. The molecule has 0 bridgehead atoms. The van der Waals surface area contributed by atoms with Crippen LogP contribution in [0, 0.1) is 0 Å². The molecule has 2 rings (SSSR count). The molecule has 0 unspecified atom stereocenters. The predicted molar refractivity (Wildman–Crippen MR) is 59.8 cm³/mol. The van der Waals surface area contributed by atoms with Gasteiger partial charge in [-0.1, -0.05) is 21.6 Å². The van der Waals surface area contributed by atoms with E-state index in [9.17, 15) is 0 Å². The molecule has 2 N–H and O–H groups in total. The Kier molecular flexibility index (Phi) is 3.53. The van der Waals surface area contributed by atoms with Gasteiger partial charge in [-0.2, -0.15) is 0 Å². The quantitative estimate of drug-likeness (QED) is 0.606. The molecule has 0 spiro atoms. The predicted octanol–water partition coefficient (Wildman–Crippen LogP) is 2.21. The summed E-state index contributed by atoms with van der Waals surface area (Å²) in [4.78, 5) is 14.0. The summed E-state index contributed by atoms with van der Waals surface area (Å²) in [5.41, 5.74) is 2.32. The molecule has 0 saturated heterocycles. The Labute approximate surface area is 89.7 Å². The van der Waals surface area contributed by atoms with Crippen LogP contribution >= 0.6 is 21.6 Å². The van der Waals surface area contributed by atoms with Gasteiger partial charge in [0.15, 0.2) is 0 Å². The molecule has 0 radical (unpaired) electrons. The van der Waals surface area contributed by atoms with Crippen LogP contribution in [0.1, 0.15) is 11.4 Å². The highest BCUT2D eigenvalue weighted by Gasteiger charge is 1.97. The number of hydrogen-bond donors (Lipinski definition) is 2. The molecular weight excluding hydrogens is 216 g/mol. The zero-order valence-corrected chi connectivity index (χ0v) is 9.07. The molecule has 0 saturated carbocycles. The van der Waals surface area contributed by atoms with Gasteiger partial charge in [-0.3, -0.25) is 0 Å². The van der Waals surface area contributed by atoms with E-state index in [0.29, 0.717) is 0 Å². The topological polar surface area (TPSA) is 57.4 Å². The van der Waals surface area contributed by atoms with E-state index in [1.54, 1.807) is 34.2 Å². The van der Waals surface area contributed by atoms with E-state index < -0.39 is 0 Å². The molecule has 4 nitrogen and oxygen atoms in total. The minimum absolute atomic E-state index is 0.957. The van der Waals surface area contributed by atoms with Crippen LogP contribution in [0.3, 0.4) is 0 Å². The van der Waals surface area contributed by atoms with E-state index in [1.807, 2.05) is 12.4 Å². The van der Waals surface area contributed by atoms with Gasteiger partial charge in [-0.25, -0.2) is 9.97 Å². The summed E-state index contributed by atoms with van der Waals surface area (Å²) in [6, 6.07) is 0. The third-order valence-corrected chi connectivity index (χ3v) is 3.85. The van der Waals surface area contributed by atoms with Gasteiger partial charge in [0.2, 0.25) is 0 Å². The lowest BCUT2D eigenvalue weighted by Gasteiger charge is -1.96. The minimum atomic E-state index is 0.957. The highest BCUT2D eigenvalue weighted by atomic mass is 33.1. The number of imidazole rings is 2. The first-order valence-corrected chi connectivity index (χ1v) is 6.63. The zero-order valence-electron chi connectivity index (χ0n) is 7.43. The Morgan fingerprint density at radius 2 is 1.43 bits per heavy atom. The van der Waals surface area contributed by atoms with Crippen molar-refractivity contribution in [3.63, 3.8) is 0 Å². The summed E-state index contributed by atoms with van der Waals surface area (Å²) < 4.78 is 0. The molecule has 14 heavy (non-hydrogen) atoms. The van der Waals surface area contributed by atoms with Gasteiger partial charge >= 0.3 is 0 Å².